The fourth-order valence-corrected chi connectivity index (χ4v) is 5.33. The Bertz CT molecular complexity index is 708. The Labute approximate surface area is 210 Å². The van der Waals surface area contributed by atoms with E-state index in [-0.39, 0.29) is 24.0 Å². The first-order valence-corrected chi connectivity index (χ1v) is 13.3. The summed E-state index contributed by atoms with van der Waals surface area (Å²) in [5, 5.41) is 11.9. The summed E-state index contributed by atoms with van der Waals surface area (Å²) in [5.41, 5.74) is 8.19. The molecule has 3 atom stereocenters. The molecule has 0 aromatic rings. The van der Waals surface area contributed by atoms with E-state index in [1.807, 2.05) is 11.8 Å². The molecule has 0 radical (unpaired) electrons. The quantitative estimate of drug-likeness (QED) is 0.0587. The van der Waals surface area contributed by atoms with Crippen LogP contribution < -0.4 is 21.3 Å². The van der Waals surface area contributed by atoms with Gasteiger partial charge in [-0.15, -0.1) is 0 Å². The topological polar surface area (TPSA) is 163 Å². The van der Waals surface area contributed by atoms with E-state index in [1.165, 1.54) is 0 Å². The lowest BCUT2D eigenvalue weighted by Gasteiger charge is -2.16. The van der Waals surface area contributed by atoms with Gasteiger partial charge in [0, 0.05) is 43.7 Å². The minimum absolute atomic E-state index is 0.0596. The van der Waals surface area contributed by atoms with Crippen molar-refractivity contribution in [1.82, 2.24) is 21.3 Å². The van der Waals surface area contributed by atoms with E-state index in [1.54, 1.807) is 0 Å². The molecule has 4 N–H and O–H groups in total. The van der Waals surface area contributed by atoms with Gasteiger partial charge in [-0.1, -0.05) is 6.42 Å². The minimum Gasteiger partial charge on any atom is -0.379 e. The second-order valence-electron chi connectivity index (χ2n) is 8.30. The van der Waals surface area contributed by atoms with E-state index in [9.17, 15) is 14.4 Å². The molecule has 12 nitrogen and oxygen atoms in total. The van der Waals surface area contributed by atoms with Crippen molar-refractivity contribution in [3.8, 4) is 0 Å². The molecular weight excluding hydrogens is 476 g/mol. The molecule has 4 amide bonds. The van der Waals surface area contributed by atoms with Gasteiger partial charge >= 0.3 is 18.2 Å². The van der Waals surface area contributed by atoms with Crippen LogP contribution in [0.2, 0.25) is 0 Å². The van der Waals surface area contributed by atoms with Crippen LogP contribution >= 0.6 is 11.8 Å². The summed E-state index contributed by atoms with van der Waals surface area (Å²) in [5.74, 6) is 0.592. The SMILES string of the molecule is [N-]=[N+]=CC(=O)NCCCOCCOCCOCCCNC(=O)CCCC[C@@H]1SC[C@@H]2NC(=O)N[C@@H]21. The maximum absolute atomic E-state index is 12.0. The van der Waals surface area contributed by atoms with Gasteiger partial charge in [-0.2, -0.15) is 16.6 Å². The number of thioether (sulfide) groups is 1. The highest BCUT2D eigenvalue weighted by atomic mass is 32.2. The number of nitrogens with zero attached hydrogens (tertiary/aromatic N) is 2. The number of urea groups is 1. The van der Waals surface area contributed by atoms with Crippen LogP contribution in [0, 0.1) is 0 Å². The Morgan fingerprint density at radius 2 is 1.63 bits per heavy atom. The summed E-state index contributed by atoms with van der Waals surface area (Å²) in [7, 11) is 0. The number of amides is 4. The van der Waals surface area contributed by atoms with Gasteiger partial charge in [0.05, 0.1) is 38.5 Å². The van der Waals surface area contributed by atoms with Crippen molar-refractivity contribution >= 4 is 35.8 Å². The lowest BCUT2D eigenvalue weighted by atomic mass is 10.0. The summed E-state index contributed by atoms with van der Waals surface area (Å²) in [4.78, 5) is 37.0. The molecule has 13 heteroatoms. The molecule has 2 saturated heterocycles. The van der Waals surface area contributed by atoms with Crippen molar-refractivity contribution in [3.63, 3.8) is 0 Å². The van der Waals surface area contributed by atoms with Gasteiger partial charge in [0.1, 0.15) is 0 Å². The van der Waals surface area contributed by atoms with Crippen LogP contribution in [0.4, 0.5) is 4.79 Å². The van der Waals surface area contributed by atoms with E-state index in [2.05, 4.69) is 26.1 Å². The average Bonchev–Trinajstić information content (AvgIpc) is 3.38. The molecule has 2 heterocycles. The average molecular weight is 515 g/mol. The van der Waals surface area contributed by atoms with Crippen molar-refractivity contribution in [2.24, 2.45) is 0 Å². The third kappa shape index (κ3) is 12.9. The lowest BCUT2D eigenvalue weighted by molar-refractivity contribution is -0.121. The fraction of sp³-hybridized carbons (Fsp3) is 0.818. The number of fused-ring (bicyclic) bond motifs is 1. The number of carbonyl (C=O) groups is 3. The maximum Gasteiger partial charge on any atom is 0.344 e. The van der Waals surface area contributed by atoms with Crippen molar-refractivity contribution in [2.75, 3.05) is 58.5 Å². The summed E-state index contributed by atoms with van der Waals surface area (Å²) in [6.07, 6.45) is 5.60. The van der Waals surface area contributed by atoms with Crippen molar-refractivity contribution < 1.29 is 33.4 Å². The van der Waals surface area contributed by atoms with Crippen LogP contribution in [0.3, 0.4) is 0 Å². The van der Waals surface area contributed by atoms with E-state index in [0.717, 1.165) is 37.7 Å². The van der Waals surface area contributed by atoms with Crippen LogP contribution in [-0.4, -0.2) is 105 Å². The Balaban J connectivity index is 1.27. The molecule has 0 aromatic heterocycles. The van der Waals surface area contributed by atoms with Gasteiger partial charge < -0.3 is 41.0 Å². The van der Waals surface area contributed by atoms with Crippen LogP contribution in [0.15, 0.2) is 0 Å². The van der Waals surface area contributed by atoms with E-state index < -0.39 is 5.91 Å². The molecule has 2 rings (SSSR count). The third-order valence-electron chi connectivity index (χ3n) is 5.55. The van der Waals surface area contributed by atoms with Crippen LogP contribution in [0.1, 0.15) is 38.5 Å². The summed E-state index contributed by atoms with van der Waals surface area (Å²) in [6.45, 7) is 4.01. The summed E-state index contributed by atoms with van der Waals surface area (Å²) >= 11 is 1.90. The number of ether oxygens (including phenoxy) is 3. The van der Waals surface area contributed by atoms with Crippen LogP contribution in [0.5, 0.6) is 0 Å². The zero-order chi connectivity index (χ0) is 25.1. The molecule has 2 fully saturated rings. The number of nitrogens with one attached hydrogen (secondary N) is 4. The van der Waals surface area contributed by atoms with Crippen LogP contribution in [-0.2, 0) is 23.8 Å². The molecule has 2 aliphatic heterocycles. The maximum atomic E-state index is 12.0. The summed E-state index contributed by atoms with van der Waals surface area (Å²) in [6, 6.07) is 0.421. The molecule has 2 aliphatic rings. The lowest BCUT2D eigenvalue weighted by Crippen LogP contribution is -2.36. The second kappa shape index (κ2) is 18.1. The Morgan fingerprint density at radius 1 is 0.971 bits per heavy atom. The molecule has 0 unspecified atom stereocenters. The van der Waals surface area contributed by atoms with Gasteiger partial charge in [-0.3, -0.25) is 9.59 Å². The monoisotopic (exact) mass is 514 g/mol. The highest BCUT2D eigenvalue weighted by Crippen LogP contribution is 2.33. The van der Waals surface area contributed by atoms with E-state index in [0.29, 0.717) is 70.8 Å². The third-order valence-corrected chi connectivity index (χ3v) is 7.06. The van der Waals surface area contributed by atoms with E-state index >= 15 is 0 Å². The van der Waals surface area contributed by atoms with Gasteiger partial charge in [0.15, 0.2) is 0 Å². The molecule has 0 aliphatic carbocycles. The normalized spacial score (nSPS) is 20.5. The molecule has 0 bridgehead atoms. The van der Waals surface area contributed by atoms with Crippen molar-refractivity contribution in [2.45, 2.75) is 55.9 Å². The predicted molar refractivity (Wildman–Crippen MR) is 131 cm³/mol. The molecule has 0 aromatic carbocycles. The molecule has 0 spiro atoms. The standard InChI is InChI=1S/C22H38N6O6S/c23-26-15-20(30)25-8-4-10-33-12-14-34-13-11-32-9-3-7-24-19(29)6-2-1-5-18-21-17(16-35-18)27-22(31)28-21/h15,17-18,21H,1-14,16H2,(H,24,29)(H,25,30)(H2,27,28,31)/t17-,18-,21-/m0/s1. The first-order valence-electron chi connectivity index (χ1n) is 12.2. The first-order chi connectivity index (χ1) is 17.1. The number of hydrogen-bond acceptors (Lipinski definition) is 7. The Hall–Kier alpha value is -2.18. The van der Waals surface area contributed by atoms with Gasteiger partial charge in [-0.25, -0.2) is 4.79 Å². The van der Waals surface area contributed by atoms with Gasteiger partial charge in [0.2, 0.25) is 5.91 Å². The molecule has 198 valence electrons. The van der Waals surface area contributed by atoms with Crippen molar-refractivity contribution in [3.05, 3.63) is 5.53 Å². The molecule has 35 heavy (non-hydrogen) atoms. The Kier molecular flexibility index (Phi) is 15.1. The fourth-order valence-electron chi connectivity index (χ4n) is 3.79. The zero-order valence-electron chi connectivity index (χ0n) is 20.2. The summed E-state index contributed by atoms with van der Waals surface area (Å²) < 4.78 is 16.3. The van der Waals surface area contributed by atoms with Gasteiger partial charge in [0.25, 0.3) is 0 Å². The van der Waals surface area contributed by atoms with E-state index in [4.69, 9.17) is 19.7 Å². The number of hydrogen-bond donors (Lipinski definition) is 4. The smallest absolute Gasteiger partial charge is 0.344 e. The predicted octanol–water partition coefficient (Wildman–Crippen LogP) is 0.0752. The Morgan fingerprint density at radius 3 is 2.31 bits per heavy atom. The number of rotatable bonds is 20. The highest BCUT2D eigenvalue weighted by Gasteiger charge is 2.42. The van der Waals surface area contributed by atoms with Gasteiger partial charge in [-0.05, 0) is 25.7 Å². The van der Waals surface area contributed by atoms with Crippen LogP contribution in [0.25, 0.3) is 5.53 Å². The molecular formula is C22H38N6O6S. The first kappa shape index (κ1) is 29.1. The number of unbranched alkanes of at least 4 members (excludes halogenated alkanes) is 1. The largest absolute Gasteiger partial charge is 0.379 e. The highest BCUT2D eigenvalue weighted by molar-refractivity contribution is 8.00. The zero-order valence-corrected chi connectivity index (χ0v) is 21.0. The minimum atomic E-state index is -0.443. The number of carbonyl (C=O) groups excluding carboxylic acids is 3. The molecule has 0 saturated carbocycles. The van der Waals surface area contributed by atoms with Crippen molar-refractivity contribution in [1.29, 1.82) is 0 Å². The second-order valence-corrected chi connectivity index (χ2v) is 9.57.